The summed E-state index contributed by atoms with van der Waals surface area (Å²) < 4.78 is 36.0. The third-order valence-electron chi connectivity index (χ3n) is 5.56. The lowest BCUT2D eigenvalue weighted by molar-refractivity contribution is -0.0762. The highest BCUT2D eigenvalue weighted by atomic mass is 32.2. The van der Waals surface area contributed by atoms with Crippen molar-refractivity contribution in [3.63, 3.8) is 0 Å². The summed E-state index contributed by atoms with van der Waals surface area (Å²) in [4.78, 5) is 19.4. The lowest BCUT2D eigenvalue weighted by atomic mass is 9.99. The summed E-state index contributed by atoms with van der Waals surface area (Å²) in [5.74, 6) is 0.379. The summed E-state index contributed by atoms with van der Waals surface area (Å²) in [5, 5.41) is 1.18. The zero-order valence-electron chi connectivity index (χ0n) is 20.9. The molecule has 0 saturated carbocycles. The first-order valence-electron chi connectivity index (χ1n) is 10.7. The molecule has 3 rings (SSSR count). The van der Waals surface area contributed by atoms with E-state index in [1.165, 1.54) is 30.6 Å². The Morgan fingerprint density at radius 2 is 1.63 bits per heavy atom. The number of sulfonamides is 1. The molecule has 1 heterocycles. The number of benzene rings is 2. The predicted octanol–water partition coefficient (Wildman–Crippen LogP) is 3.59. The Balaban J connectivity index is 2.05. The number of aryl methyl sites for hydroxylation is 1. The largest absolute Gasteiger partial charge is 0.496 e. The molecule has 35 heavy (non-hydrogen) atoms. The van der Waals surface area contributed by atoms with Gasteiger partial charge in [0.05, 0.1) is 24.8 Å². The molecule has 0 fully saturated rings. The van der Waals surface area contributed by atoms with Gasteiger partial charge in [0, 0.05) is 33.8 Å². The number of rotatable bonds is 8. The van der Waals surface area contributed by atoms with E-state index in [1.54, 1.807) is 45.3 Å². The fraction of sp³-hybridized carbons (Fsp3) is 0.280. The molecule has 0 aliphatic carbocycles. The van der Waals surface area contributed by atoms with Crippen LogP contribution in [0.25, 0.3) is 22.4 Å². The van der Waals surface area contributed by atoms with Gasteiger partial charge in [0.15, 0.2) is 0 Å². The van der Waals surface area contributed by atoms with Crippen LogP contribution in [-0.4, -0.2) is 70.6 Å². The van der Waals surface area contributed by atoms with E-state index in [2.05, 4.69) is 4.40 Å². The van der Waals surface area contributed by atoms with Gasteiger partial charge in [-0.25, -0.2) is 5.06 Å². The Morgan fingerprint density at radius 1 is 1.00 bits per heavy atom. The third-order valence-corrected chi connectivity index (χ3v) is 6.80. The minimum Gasteiger partial charge on any atom is -0.496 e. The SMILES string of the molecule is COc1ccc(-c2c(C)cc(C(=O)N(C)OC)n2C)cc1-c1ccc(S(=O)(=O)/N=C/N(C)C)cc1. The zero-order chi connectivity index (χ0) is 25.9. The quantitative estimate of drug-likeness (QED) is 0.268. The molecule has 10 heteroatoms. The van der Waals surface area contributed by atoms with E-state index in [-0.39, 0.29) is 10.8 Å². The van der Waals surface area contributed by atoms with Gasteiger partial charge >= 0.3 is 0 Å². The maximum absolute atomic E-state index is 12.7. The molecule has 2 aromatic carbocycles. The molecule has 9 nitrogen and oxygen atoms in total. The van der Waals surface area contributed by atoms with Crippen LogP contribution < -0.4 is 4.74 Å². The topological polar surface area (TPSA) is 93.4 Å². The molecule has 1 aromatic heterocycles. The Kier molecular flexibility index (Phi) is 7.67. The molecular weight excluding hydrogens is 468 g/mol. The Hall–Kier alpha value is -3.63. The molecule has 0 atom stereocenters. The summed E-state index contributed by atoms with van der Waals surface area (Å²) >= 11 is 0. The van der Waals surface area contributed by atoms with Crippen molar-refractivity contribution in [3.8, 4) is 28.1 Å². The lowest BCUT2D eigenvalue weighted by Crippen LogP contribution is -2.27. The molecule has 1 amide bonds. The molecule has 0 saturated heterocycles. The van der Waals surface area contributed by atoms with Crippen molar-refractivity contribution in [2.75, 3.05) is 35.4 Å². The highest BCUT2D eigenvalue weighted by Gasteiger charge is 2.21. The highest BCUT2D eigenvalue weighted by molar-refractivity contribution is 7.90. The molecule has 3 aromatic rings. The van der Waals surface area contributed by atoms with Crippen molar-refractivity contribution in [2.24, 2.45) is 11.4 Å². The Bertz CT molecular complexity index is 1360. The second-order valence-corrected chi connectivity index (χ2v) is 9.84. The van der Waals surface area contributed by atoms with Gasteiger partial charge in [-0.05, 0) is 60.0 Å². The number of hydroxylamine groups is 2. The number of methoxy groups -OCH3 is 1. The molecule has 186 valence electrons. The van der Waals surface area contributed by atoms with Gasteiger partial charge in [-0.15, -0.1) is 4.40 Å². The molecule has 0 unspecified atom stereocenters. The predicted molar refractivity (Wildman–Crippen MR) is 136 cm³/mol. The number of amides is 1. The zero-order valence-corrected chi connectivity index (χ0v) is 21.8. The first kappa shape index (κ1) is 26.0. The van der Waals surface area contributed by atoms with Gasteiger partial charge in [0.1, 0.15) is 17.8 Å². The summed E-state index contributed by atoms with van der Waals surface area (Å²) in [6, 6.07) is 14.1. The fourth-order valence-electron chi connectivity index (χ4n) is 3.73. The summed E-state index contributed by atoms with van der Waals surface area (Å²) in [6.45, 7) is 1.94. The normalized spacial score (nSPS) is 11.6. The van der Waals surface area contributed by atoms with Gasteiger partial charge in [-0.1, -0.05) is 12.1 Å². The minimum absolute atomic E-state index is 0.0955. The van der Waals surface area contributed by atoms with Crippen molar-refractivity contribution < 1.29 is 22.8 Å². The van der Waals surface area contributed by atoms with E-state index in [4.69, 9.17) is 9.57 Å². The maximum atomic E-state index is 12.7. The van der Waals surface area contributed by atoms with E-state index >= 15 is 0 Å². The number of ether oxygens (including phenoxy) is 1. The van der Waals surface area contributed by atoms with Gasteiger partial charge in [0.25, 0.3) is 15.9 Å². The number of aromatic nitrogens is 1. The van der Waals surface area contributed by atoms with Crippen molar-refractivity contribution in [1.29, 1.82) is 0 Å². The summed E-state index contributed by atoms with van der Waals surface area (Å²) in [5.41, 5.74) is 4.74. The summed E-state index contributed by atoms with van der Waals surface area (Å²) in [7, 11) is 6.01. The molecule has 0 spiro atoms. The van der Waals surface area contributed by atoms with Crippen LogP contribution in [0.15, 0.2) is 57.8 Å². The van der Waals surface area contributed by atoms with E-state index < -0.39 is 10.0 Å². The number of nitrogens with zero attached hydrogens (tertiary/aromatic N) is 4. The van der Waals surface area contributed by atoms with Crippen molar-refractivity contribution in [2.45, 2.75) is 11.8 Å². The van der Waals surface area contributed by atoms with Crippen LogP contribution in [0.5, 0.6) is 5.75 Å². The van der Waals surface area contributed by atoms with Gasteiger partial charge < -0.3 is 14.2 Å². The molecule has 0 bridgehead atoms. The third kappa shape index (κ3) is 5.39. The monoisotopic (exact) mass is 498 g/mol. The molecule has 0 aliphatic heterocycles. The number of carbonyl (C=O) groups is 1. The second-order valence-electron chi connectivity index (χ2n) is 8.20. The molecular formula is C25H30N4O5S. The smallest absolute Gasteiger partial charge is 0.293 e. The standard InChI is InChI=1S/C25H30N4O5S/c1-17-14-22(25(30)29(5)34-7)28(4)24(17)19-10-13-23(33-6)21(15-19)18-8-11-20(12-9-18)35(31,32)26-16-27(2)3/h8-16H,1-7H3/b26-16+. The first-order valence-corrected chi connectivity index (χ1v) is 12.2. The number of carbonyl (C=O) groups excluding carboxylic acids is 1. The minimum atomic E-state index is -3.80. The van der Waals surface area contributed by atoms with E-state index in [9.17, 15) is 13.2 Å². The van der Waals surface area contributed by atoms with Crippen LogP contribution >= 0.6 is 0 Å². The van der Waals surface area contributed by atoms with E-state index in [1.807, 2.05) is 42.8 Å². The Morgan fingerprint density at radius 3 is 2.20 bits per heavy atom. The van der Waals surface area contributed by atoms with Crippen LogP contribution in [0.4, 0.5) is 0 Å². The second kappa shape index (κ2) is 10.3. The van der Waals surface area contributed by atoms with Crippen LogP contribution in [0, 0.1) is 6.92 Å². The van der Waals surface area contributed by atoms with E-state index in [0.29, 0.717) is 11.4 Å². The van der Waals surface area contributed by atoms with Crippen LogP contribution in [-0.2, 0) is 21.9 Å². The van der Waals surface area contributed by atoms with Crippen molar-refractivity contribution in [1.82, 2.24) is 14.5 Å². The lowest BCUT2D eigenvalue weighted by Gasteiger charge is -2.16. The summed E-state index contributed by atoms with van der Waals surface area (Å²) in [6.07, 6.45) is 1.25. The van der Waals surface area contributed by atoms with E-state index in [0.717, 1.165) is 27.9 Å². The van der Waals surface area contributed by atoms with Crippen molar-refractivity contribution >= 4 is 22.3 Å². The van der Waals surface area contributed by atoms with Crippen LogP contribution in [0.3, 0.4) is 0 Å². The molecule has 0 radical (unpaired) electrons. The molecule has 0 aliphatic rings. The number of hydrogen-bond acceptors (Lipinski definition) is 5. The van der Waals surface area contributed by atoms with Crippen LogP contribution in [0.1, 0.15) is 16.1 Å². The fourth-order valence-corrected chi connectivity index (χ4v) is 4.64. The number of hydrogen-bond donors (Lipinski definition) is 0. The average Bonchev–Trinajstić information content (AvgIpc) is 3.15. The van der Waals surface area contributed by atoms with Crippen molar-refractivity contribution in [3.05, 3.63) is 59.8 Å². The van der Waals surface area contributed by atoms with Gasteiger partial charge in [-0.3, -0.25) is 9.63 Å². The highest BCUT2D eigenvalue weighted by Crippen LogP contribution is 2.36. The average molecular weight is 499 g/mol. The Labute approximate surface area is 206 Å². The maximum Gasteiger partial charge on any atom is 0.293 e. The molecule has 0 N–H and O–H groups in total. The first-order chi connectivity index (χ1) is 16.5. The van der Waals surface area contributed by atoms with Gasteiger partial charge in [0.2, 0.25) is 0 Å². The van der Waals surface area contributed by atoms with Gasteiger partial charge in [-0.2, -0.15) is 8.42 Å². The van der Waals surface area contributed by atoms with Crippen LogP contribution in [0.2, 0.25) is 0 Å².